The minimum Gasteiger partial charge on any atom is -0.508 e. The number of hydrogen-bond donors (Lipinski definition) is 8. The van der Waals surface area contributed by atoms with Crippen molar-refractivity contribution in [2.24, 2.45) is 46.8 Å². The standard InChI is InChI=1S/C48H72N8O13/c1-5-7-8-9-10-30(45(66)53-26-42(51)64)20-36(59)27-56(4)48(69)32-14-18-43(65)52-25-35(58)21-33(19-29-11-15-34(57)16-12-29)47(68)55-44(28(3)6-2)39(61)22-31(13-17-40(49)62)46(67)54-37(24-41(50)63)38(60)23-32/h11-12,15-16,28,30-33,37,44,57H,5-10,13-14,17-27H2,1-4H3,(H2,49,62)(H2,50,63)(H2,51,64)(H,52,65)(H,53,66)(H,54,67)(H,55,68)/t28-,30+,31+,32+,33+,37-,44-/m0/s1. The molecule has 0 spiro atoms. The first-order valence-corrected chi connectivity index (χ1v) is 23.7. The van der Waals surface area contributed by atoms with E-state index in [-0.39, 0.29) is 44.3 Å². The molecular formula is C48H72N8O13. The van der Waals surface area contributed by atoms with Crippen molar-refractivity contribution in [3.8, 4) is 5.75 Å². The molecule has 21 nitrogen and oxygen atoms in total. The Bertz CT molecular complexity index is 2010. The van der Waals surface area contributed by atoms with Crippen molar-refractivity contribution < 1.29 is 62.6 Å². The minimum absolute atomic E-state index is 0.00590. The number of ketones is 4. The van der Waals surface area contributed by atoms with Crippen LogP contribution in [0.15, 0.2) is 24.3 Å². The predicted octanol–water partition coefficient (Wildman–Crippen LogP) is 0.333. The summed E-state index contributed by atoms with van der Waals surface area (Å²) in [4.78, 5) is 160. The van der Waals surface area contributed by atoms with Crippen molar-refractivity contribution in [3.63, 3.8) is 0 Å². The third-order valence-corrected chi connectivity index (χ3v) is 12.3. The van der Waals surface area contributed by atoms with Crippen LogP contribution < -0.4 is 38.5 Å². The van der Waals surface area contributed by atoms with E-state index in [1.54, 1.807) is 26.0 Å². The molecule has 8 amide bonds. The largest absolute Gasteiger partial charge is 0.508 e. The number of carbonyl (C=O) groups is 12. The Balaban J connectivity index is 2.57. The van der Waals surface area contributed by atoms with Crippen LogP contribution in [0, 0.1) is 29.6 Å². The van der Waals surface area contributed by atoms with Gasteiger partial charge in [-0.15, -0.1) is 0 Å². The fourth-order valence-electron chi connectivity index (χ4n) is 8.06. The van der Waals surface area contributed by atoms with E-state index in [0.29, 0.717) is 24.8 Å². The Morgan fingerprint density at radius 1 is 0.826 bits per heavy atom. The molecule has 1 aromatic carbocycles. The van der Waals surface area contributed by atoms with Gasteiger partial charge in [0, 0.05) is 69.2 Å². The summed E-state index contributed by atoms with van der Waals surface area (Å²) in [6.07, 6.45) is -0.117. The number of Topliss-reactive ketones (excluding diaryl/α,β-unsaturated/α-hetero) is 4. The molecule has 69 heavy (non-hydrogen) atoms. The monoisotopic (exact) mass is 969 g/mol. The molecule has 0 radical (unpaired) electrons. The van der Waals surface area contributed by atoms with Crippen LogP contribution in [0.3, 0.4) is 0 Å². The highest BCUT2D eigenvalue weighted by Crippen LogP contribution is 2.24. The maximum atomic E-state index is 14.1. The van der Waals surface area contributed by atoms with Crippen LogP contribution in [-0.2, 0) is 64.0 Å². The highest BCUT2D eigenvalue weighted by atomic mass is 16.3. The van der Waals surface area contributed by atoms with E-state index in [4.69, 9.17) is 17.2 Å². The molecule has 0 aliphatic carbocycles. The molecule has 0 aromatic heterocycles. The number of carbonyl (C=O) groups excluding carboxylic acids is 12. The second-order valence-electron chi connectivity index (χ2n) is 18.1. The molecule has 11 N–H and O–H groups in total. The predicted molar refractivity (Wildman–Crippen MR) is 251 cm³/mol. The van der Waals surface area contributed by atoms with Gasteiger partial charge in [0.25, 0.3) is 0 Å². The third kappa shape index (κ3) is 22.0. The van der Waals surface area contributed by atoms with E-state index < -0.39 is 157 Å². The van der Waals surface area contributed by atoms with Gasteiger partial charge in [-0.25, -0.2) is 0 Å². The summed E-state index contributed by atoms with van der Waals surface area (Å²) >= 11 is 0. The molecule has 7 atom stereocenters. The summed E-state index contributed by atoms with van der Waals surface area (Å²) in [5.74, 6) is -14.0. The van der Waals surface area contributed by atoms with Crippen LogP contribution in [-0.4, -0.2) is 119 Å². The van der Waals surface area contributed by atoms with Crippen LogP contribution in [0.1, 0.15) is 123 Å². The number of likely N-dealkylation sites (N-methyl/N-ethyl adjacent to an activating group) is 1. The molecule has 2 rings (SSSR count). The molecule has 1 aromatic rings. The summed E-state index contributed by atoms with van der Waals surface area (Å²) in [5.41, 5.74) is 16.7. The van der Waals surface area contributed by atoms with Crippen molar-refractivity contribution in [2.45, 2.75) is 136 Å². The first-order valence-electron chi connectivity index (χ1n) is 23.7. The Morgan fingerprint density at radius 2 is 1.49 bits per heavy atom. The Kier molecular flexibility index (Phi) is 25.5. The van der Waals surface area contributed by atoms with Gasteiger partial charge in [-0.05, 0) is 49.3 Å². The number of phenolic OH excluding ortho intramolecular Hbond substituents is 1. The van der Waals surface area contributed by atoms with Gasteiger partial charge < -0.3 is 48.5 Å². The SMILES string of the molecule is CCCCCC[C@H](CC(=O)CN(C)C(=O)[C@@H]1CCC(=O)NCC(=O)C[C@@H](Cc2ccc(O)cc2)C(=O)N[C@@H]([C@@H](C)CC)C(=O)C[C@@H](CCC(N)=O)C(=O)N[C@@H](CC(N)=O)C(=O)C1)C(=O)NCC(N)=O. The van der Waals surface area contributed by atoms with Gasteiger partial charge in [0.15, 0.2) is 23.1 Å². The molecule has 1 aliphatic rings. The van der Waals surface area contributed by atoms with Gasteiger partial charge in [0.1, 0.15) is 5.75 Å². The molecule has 0 saturated carbocycles. The molecule has 382 valence electrons. The number of primary amides is 3. The Hall–Kier alpha value is -6.54. The van der Waals surface area contributed by atoms with Crippen LogP contribution in [0.5, 0.6) is 5.75 Å². The number of phenols is 1. The van der Waals surface area contributed by atoms with E-state index in [2.05, 4.69) is 21.3 Å². The van der Waals surface area contributed by atoms with Gasteiger partial charge >= 0.3 is 0 Å². The van der Waals surface area contributed by atoms with Crippen molar-refractivity contribution in [3.05, 3.63) is 29.8 Å². The van der Waals surface area contributed by atoms with Gasteiger partial charge in [0.05, 0.1) is 38.1 Å². The number of benzene rings is 1. The summed E-state index contributed by atoms with van der Waals surface area (Å²) in [6, 6.07) is 3.09. The number of nitrogens with one attached hydrogen (secondary N) is 4. The zero-order chi connectivity index (χ0) is 51.8. The second-order valence-corrected chi connectivity index (χ2v) is 18.1. The number of amides is 8. The Labute approximate surface area is 402 Å². The quantitative estimate of drug-likeness (QED) is 0.0728. The molecular weight excluding hydrogens is 897 g/mol. The maximum Gasteiger partial charge on any atom is 0.236 e. The van der Waals surface area contributed by atoms with Crippen molar-refractivity contribution in [1.29, 1.82) is 0 Å². The van der Waals surface area contributed by atoms with Crippen LogP contribution in [0.4, 0.5) is 0 Å². The average molecular weight is 969 g/mol. The van der Waals surface area contributed by atoms with Gasteiger partial charge in [-0.3, -0.25) is 57.5 Å². The first kappa shape index (κ1) is 58.6. The molecule has 21 heteroatoms. The van der Waals surface area contributed by atoms with Crippen LogP contribution in [0.25, 0.3) is 0 Å². The summed E-state index contributed by atoms with van der Waals surface area (Å²) in [7, 11) is 1.28. The zero-order valence-corrected chi connectivity index (χ0v) is 40.3. The van der Waals surface area contributed by atoms with E-state index in [1.807, 2.05) is 6.92 Å². The summed E-state index contributed by atoms with van der Waals surface area (Å²) in [5, 5.41) is 20.0. The number of unbranched alkanes of at least 4 members (excludes halogenated alkanes) is 3. The van der Waals surface area contributed by atoms with Crippen molar-refractivity contribution >= 4 is 70.4 Å². The van der Waals surface area contributed by atoms with Gasteiger partial charge in [-0.1, -0.05) is 65.0 Å². The normalized spacial score (nSPS) is 21.1. The lowest BCUT2D eigenvalue weighted by Crippen LogP contribution is -2.50. The molecule has 0 bridgehead atoms. The summed E-state index contributed by atoms with van der Waals surface area (Å²) in [6.45, 7) is 3.99. The lowest BCUT2D eigenvalue weighted by molar-refractivity contribution is -0.141. The van der Waals surface area contributed by atoms with Gasteiger partial charge in [0.2, 0.25) is 47.3 Å². The molecule has 0 unspecified atom stereocenters. The number of nitrogens with two attached hydrogens (primary N) is 3. The number of aromatic hydroxyl groups is 1. The minimum atomic E-state index is -1.65. The van der Waals surface area contributed by atoms with Gasteiger partial charge in [-0.2, -0.15) is 0 Å². The fraction of sp³-hybridized carbons (Fsp3) is 0.625. The number of hydrogen-bond acceptors (Lipinski definition) is 13. The van der Waals surface area contributed by atoms with Crippen molar-refractivity contribution in [1.82, 2.24) is 26.2 Å². The molecule has 1 heterocycles. The first-order chi connectivity index (χ1) is 32.5. The fourth-order valence-corrected chi connectivity index (χ4v) is 8.06. The summed E-state index contributed by atoms with van der Waals surface area (Å²) < 4.78 is 0. The highest BCUT2D eigenvalue weighted by Gasteiger charge is 2.36. The van der Waals surface area contributed by atoms with E-state index >= 15 is 0 Å². The molecule has 1 fully saturated rings. The Morgan fingerprint density at radius 3 is 2.10 bits per heavy atom. The number of rotatable bonds is 22. The van der Waals surface area contributed by atoms with E-state index in [9.17, 15) is 62.6 Å². The van der Waals surface area contributed by atoms with Crippen molar-refractivity contribution in [2.75, 3.05) is 26.7 Å². The topological polar surface area (TPSA) is 354 Å². The lowest BCUT2D eigenvalue weighted by atomic mass is 9.86. The average Bonchev–Trinajstić information content (AvgIpc) is 3.29. The van der Waals surface area contributed by atoms with Crippen LogP contribution in [0.2, 0.25) is 0 Å². The maximum absolute atomic E-state index is 14.1. The molecule has 1 aliphatic heterocycles. The third-order valence-electron chi connectivity index (χ3n) is 12.3. The van der Waals surface area contributed by atoms with Crippen LogP contribution >= 0.6 is 0 Å². The number of nitrogens with zero attached hydrogens (tertiary/aromatic N) is 1. The van der Waals surface area contributed by atoms with E-state index in [1.165, 1.54) is 19.2 Å². The second kappa shape index (κ2) is 30.1. The van der Waals surface area contributed by atoms with E-state index in [0.717, 1.165) is 24.2 Å². The highest BCUT2D eigenvalue weighted by molar-refractivity contribution is 5.99. The molecule has 1 saturated heterocycles. The smallest absolute Gasteiger partial charge is 0.236 e. The lowest BCUT2D eigenvalue weighted by Gasteiger charge is -2.28. The zero-order valence-electron chi connectivity index (χ0n) is 40.3.